The van der Waals surface area contributed by atoms with E-state index in [1.807, 2.05) is 31.2 Å². The van der Waals surface area contributed by atoms with Crippen molar-refractivity contribution in [2.75, 3.05) is 23.8 Å². The van der Waals surface area contributed by atoms with Crippen molar-refractivity contribution in [3.05, 3.63) is 59.3 Å². The Labute approximate surface area is 171 Å². The van der Waals surface area contributed by atoms with Crippen molar-refractivity contribution in [2.45, 2.75) is 33.6 Å². The number of aromatic nitrogens is 2. The van der Waals surface area contributed by atoms with Gasteiger partial charge >= 0.3 is 0 Å². The van der Waals surface area contributed by atoms with Crippen molar-refractivity contribution in [1.29, 1.82) is 0 Å². The molecule has 0 saturated carbocycles. The van der Waals surface area contributed by atoms with Crippen LogP contribution in [0.25, 0.3) is 0 Å². The first kappa shape index (κ1) is 19.1. The van der Waals surface area contributed by atoms with E-state index in [4.69, 9.17) is 9.47 Å². The van der Waals surface area contributed by atoms with Crippen LogP contribution in [0.5, 0.6) is 11.5 Å². The summed E-state index contributed by atoms with van der Waals surface area (Å²) in [6, 6.07) is 14.1. The number of nitrogens with zero attached hydrogens (tertiary/aromatic N) is 2. The highest BCUT2D eigenvalue weighted by molar-refractivity contribution is 5.66. The molecule has 6 nitrogen and oxygen atoms in total. The molecule has 1 aliphatic rings. The van der Waals surface area contributed by atoms with E-state index in [1.54, 1.807) is 0 Å². The third-order valence-corrected chi connectivity index (χ3v) is 4.90. The first-order valence-electron chi connectivity index (χ1n) is 10.1. The summed E-state index contributed by atoms with van der Waals surface area (Å²) in [5.41, 5.74) is 5.40. The van der Waals surface area contributed by atoms with Crippen LogP contribution in [0.4, 0.5) is 23.1 Å². The smallest absolute Gasteiger partial charge is 0.229 e. The average molecular weight is 390 g/mol. The molecular weight excluding hydrogens is 364 g/mol. The molecule has 6 heteroatoms. The van der Waals surface area contributed by atoms with Crippen LogP contribution < -0.4 is 20.1 Å². The number of aryl methyl sites for hydroxylation is 3. The zero-order chi connectivity index (χ0) is 20.2. The average Bonchev–Trinajstić information content (AvgIpc) is 2.73. The second kappa shape index (κ2) is 8.39. The molecule has 0 aliphatic carbocycles. The number of para-hydroxylation sites is 1. The SMILES string of the molecule is CCc1cccc(CC)c1Nc1nc(C)cc(Nc2ccc3c(c2)OCCO3)n1. The molecule has 2 heterocycles. The number of anilines is 4. The minimum atomic E-state index is 0.563. The molecular formula is C23H26N4O2. The monoisotopic (exact) mass is 390 g/mol. The minimum absolute atomic E-state index is 0.563. The van der Waals surface area contributed by atoms with Crippen molar-refractivity contribution in [2.24, 2.45) is 0 Å². The Bertz CT molecular complexity index is 998. The number of benzene rings is 2. The van der Waals surface area contributed by atoms with Crippen LogP contribution in [0.3, 0.4) is 0 Å². The number of nitrogens with one attached hydrogen (secondary N) is 2. The fraction of sp³-hybridized carbons (Fsp3) is 0.304. The van der Waals surface area contributed by atoms with Gasteiger partial charge in [-0.25, -0.2) is 4.98 Å². The van der Waals surface area contributed by atoms with E-state index in [1.165, 1.54) is 11.1 Å². The lowest BCUT2D eigenvalue weighted by Crippen LogP contribution is -2.15. The van der Waals surface area contributed by atoms with Crippen LogP contribution in [0.1, 0.15) is 30.7 Å². The molecule has 0 saturated heterocycles. The first-order chi connectivity index (χ1) is 14.2. The van der Waals surface area contributed by atoms with Crippen molar-refractivity contribution < 1.29 is 9.47 Å². The highest BCUT2D eigenvalue weighted by Gasteiger charge is 2.13. The van der Waals surface area contributed by atoms with Crippen LogP contribution in [-0.2, 0) is 12.8 Å². The van der Waals surface area contributed by atoms with Crippen molar-refractivity contribution in [1.82, 2.24) is 9.97 Å². The lowest BCUT2D eigenvalue weighted by atomic mass is 10.0. The molecule has 0 atom stereocenters. The summed E-state index contributed by atoms with van der Waals surface area (Å²) in [7, 11) is 0. The van der Waals surface area contributed by atoms with Gasteiger partial charge in [0.15, 0.2) is 11.5 Å². The lowest BCUT2D eigenvalue weighted by molar-refractivity contribution is 0.171. The van der Waals surface area contributed by atoms with Gasteiger partial charge < -0.3 is 20.1 Å². The largest absolute Gasteiger partial charge is 0.486 e. The topological polar surface area (TPSA) is 68.3 Å². The number of fused-ring (bicyclic) bond motifs is 1. The van der Waals surface area contributed by atoms with Gasteiger partial charge in [0.25, 0.3) is 0 Å². The van der Waals surface area contributed by atoms with Gasteiger partial charge in [-0.15, -0.1) is 0 Å². The molecule has 0 fully saturated rings. The fourth-order valence-corrected chi connectivity index (χ4v) is 3.47. The third kappa shape index (κ3) is 4.26. The molecule has 0 unspecified atom stereocenters. The Kier molecular flexibility index (Phi) is 5.51. The Morgan fingerprint density at radius 2 is 1.59 bits per heavy atom. The molecule has 0 bridgehead atoms. The van der Waals surface area contributed by atoms with Crippen LogP contribution in [-0.4, -0.2) is 23.2 Å². The zero-order valence-electron chi connectivity index (χ0n) is 17.1. The van der Waals surface area contributed by atoms with E-state index in [2.05, 4.69) is 52.6 Å². The van der Waals surface area contributed by atoms with Crippen LogP contribution >= 0.6 is 0 Å². The van der Waals surface area contributed by atoms with E-state index in [0.717, 1.165) is 47.2 Å². The lowest BCUT2D eigenvalue weighted by Gasteiger charge is -2.19. The molecule has 0 amide bonds. The van der Waals surface area contributed by atoms with E-state index in [0.29, 0.717) is 19.2 Å². The Hall–Kier alpha value is -3.28. The van der Waals surface area contributed by atoms with Gasteiger partial charge in [0.05, 0.1) is 0 Å². The molecule has 0 radical (unpaired) electrons. The van der Waals surface area contributed by atoms with Gasteiger partial charge in [0.1, 0.15) is 19.0 Å². The predicted octanol–water partition coefficient (Wildman–Crippen LogP) is 5.17. The normalized spacial score (nSPS) is 12.5. The summed E-state index contributed by atoms with van der Waals surface area (Å²) in [6.07, 6.45) is 1.90. The maximum atomic E-state index is 5.67. The molecule has 1 aliphatic heterocycles. The number of hydrogen-bond acceptors (Lipinski definition) is 6. The summed E-state index contributed by atoms with van der Waals surface area (Å²) in [5.74, 6) is 2.82. The quantitative estimate of drug-likeness (QED) is 0.605. The Morgan fingerprint density at radius 3 is 2.31 bits per heavy atom. The predicted molar refractivity (Wildman–Crippen MR) is 116 cm³/mol. The van der Waals surface area contributed by atoms with Crippen molar-refractivity contribution >= 4 is 23.1 Å². The maximum absolute atomic E-state index is 5.67. The van der Waals surface area contributed by atoms with E-state index < -0.39 is 0 Å². The van der Waals surface area contributed by atoms with E-state index >= 15 is 0 Å². The molecule has 29 heavy (non-hydrogen) atoms. The molecule has 4 rings (SSSR count). The standard InChI is InChI=1S/C23H26N4O2/c1-4-16-7-6-8-17(5-2)22(16)27-23-24-15(3)13-21(26-23)25-18-9-10-19-20(14-18)29-12-11-28-19/h6-10,13-14H,4-5,11-12H2,1-3H3,(H2,24,25,26,27). The van der Waals surface area contributed by atoms with Gasteiger partial charge in [-0.3, -0.25) is 0 Å². The Balaban J connectivity index is 1.60. The molecule has 2 N–H and O–H groups in total. The fourth-order valence-electron chi connectivity index (χ4n) is 3.47. The second-order valence-corrected chi connectivity index (χ2v) is 6.98. The molecule has 2 aromatic carbocycles. The summed E-state index contributed by atoms with van der Waals surface area (Å²) in [6.45, 7) is 7.43. The maximum Gasteiger partial charge on any atom is 0.229 e. The van der Waals surface area contributed by atoms with Crippen molar-refractivity contribution in [3.63, 3.8) is 0 Å². The summed E-state index contributed by atoms with van der Waals surface area (Å²) < 4.78 is 11.3. The van der Waals surface area contributed by atoms with Crippen LogP contribution in [0.15, 0.2) is 42.5 Å². The van der Waals surface area contributed by atoms with Crippen molar-refractivity contribution in [3.8, 4) is 11.5 Å². The molecule has 0 spiro atoms. The van der Waals surface area contributed by atoms with E-state index in [-0.39, 0.29) is 0 Å². The minimum Gasteiger partial charge on any atom is -0.486 e. The molecule has 1 aromatic heterocycles. The number of ether oxygens (including phenoxy) is 2. The number of hydrogen-bond donors (Lipinski definition) is 2. The highest BCUT2D eigenvalue weighted by atomic mass is 16.6. The van der Waals surface area contributed by atoms with Crippen LogP contribution in [0, 0.1) is 6.92 Å². The summed E-state index contributed by atoms with van der Waals surface area (Å²) >= 11 is 0. The third-order valence-electron chi connectivity index (χ3n) is 4.90. The van der Waals surface area contributed by atoms with Gasteiger partial charge in [-0.05, 0) is 43.0 Å². The van der Waals surface area contributed by atoms with Gasteiger partial charge in [-0.1, -0.05) is 32.0 Å². The Morgan fingerprint density at radius 1 is 0.862 bits per heavy atom. The molecule has 150 valence electrons. The van der Waals surface area contributed by atoms with E-state index in [9.17, 15) is 0 Å². The number of rotatable bonds is 6. The molecule has 3 aromatic rings. The second-order valence-electron chi connectivity index (χ2n) is 6.98. The van der Waals surface area contributed by atoms with Gasteiger partial charge in [0, 0.05) is 29.2 Å². The first-order valence-corrected chi connectivity index (χ1v) is 10.1. The zero-order valence-corrected chi connectivity index (χ0v) is 17.1. The van der Waals surface area contributed by atoms with Gasteiger partial charge in [-0.2, -0.15) is 4.98 Å². The highest BCUT2D eigenvalue weighted by Crippen LogP contribution is 2.33. The summed E-state index contributed by atoms with van der Waals surface area (Å²) in [4.78, 5) is 9.27. The van der Waals surface area contributed by atoms with Crippen LogP contribution in [0.2, 0.25) is 0 Å². The summed E-state index contributed by atoms with van der Waals surface area (Å²) in [5, 5.41) is 6.80. The van der Waals surface area contributed by atoms with Gasteiger partial charge in [0.2, 0.25) is 5.95 Å².